The molecule has 0 radical (unpaired) electrons. The molecule has 3 rings (SSSR count). The minimum atomic E-state index is 0.465. The van der Waals surface area contributed by atoms with E-state index in [2.05, 4.69) is 50.9 Å². The molecule has 0 unspecified atom stereocenters. The number of anilines is 2. The van der Waals surface area contributed by atoms with Crippen molar-refractivity contribution in [1.82, 2.24) is 4.98 Å². The van der Waals surface area contributed by atoms with Crippen molar-refractivity contribution < 1.29 is 0 Å². The number of aromatic nitrogens is 1. The molecule has 0 amide bonds. The molecule has 1 aliphatic heterocycles. The van der Waals surface area contributed by atoms with E-state index in [4.69, 9.17) is 23.2 Å². The lowest BCUT2D eigenvalue weighted by atomic mass is 10.2. The molecule has 2 heterocycles. The molecule has 20 heavy (non-hydrogen) atoms. The summed E-state index contributed by atoms with van der Waals surface area (Å²) in [7, 11) is 0. The molecule has 0 saturated heterocycles. The topological polar surface area (TPSA) is 49.6 Å². The Balaban J connectivity index is 2.08. The Kier molecular flexibility index (Phi) is 4.14. The van der Waals surface area contributed by atoms with Crippen LogP contribution in [0.2, 0.25) is 10.0 Å². The molecule has 2 aromatic rings. The molecule has 1 aromatic carbocycles. The number of nitrogens with zero attached hydrogens (tertiary/aromatic N) is 3. The second-order valence-corrected chi connectivity index (χ2v) is 6.90. The third kappa shape index (κ3) is 2.65. The summed E-state index contributed by atoms with van der Waals surface area (Å²) in [6, 6.07) is 3.53. The Bertz CT molecular complexity index is 790. The number of pyridine rings is 1. The van der Waals surface area contributed by atoms with E-state index in [0.717, 1.165) is 20.3 Å². The van der Waals surface area contributed by atoms with Crippen LogP contribution in [-0.2, 0) is 11.4 Å². The monoisotopic (exact) mass is 452 g/mol. The van der Waals surface area contributed by atoms with Crippen molar-refractivity contribution in [3.05, 3.63) is 37.3 Å². The fraction of sp³-hybridized carbons (Fsp3) is 0. The van der Waals surface area contributed by atoms with Gasteiger partial charge in [-0.3, -0.25) is 0 Å². The van der Waals surface area contributed by atoms with Crippen LogP contribution in [-0.4, -0.2) is 4.98 Å². The fourth-order valence-corrected chi connectivity index (χ4v) is 3.86. The van der Waals surface area contributed by atoms with Crippen LogP contribution >= 0.6 is 55.1 Å². The van der Waals surface area contributed by atoms with E-state index < -0.39 is 0 Å². The van der Waals surface area contributed by atoms with Gasteiger partial charge < -0.3 is 5.32 Å². The van der Waals surface area contributed by atoms with Gasteiger partial charge in [0.1, 0.15) is 17.2 Å². The molecule has 1 N–H and O–H groups in total. The quantitative estimate of drug-likeness (QED) is 0.488. The summed E-state index contributed by atoms with van der Waals surface area (Å²) in [4.78, 5) is 4.29. The van der Waals surface area contributed by atoms with Gasteiger partial charge in [0, 0.05) is 10.7 Å². The van der Waals surface area contributed by atoms with Crippen molar-refractivity contribution in [2.75, 3.05) is 5.32 Å². The lowest BCUT2D eigenvalue weighted by Gasteiger charge is -2.12. The van der Waals surface area contributed by atoms with E-state index in [1.165, 1.54) is 0 Å². The zero-order chi connectivity index (χ0) is 14.3. The minimum absolute atomic E-state index is 0.465. The Morgan fingerprint density at radius 1 is 1.05 bits per heavy atom. The average molecular weight is 455 g/mol. The molecule has 0 saturated carbocycles. The first-order chi connectivity index (χ1) is 9.56. The molecule has 0 aliphatic carbocycles. The molecule has 0 bridgehead atoms. The van der Waals surface area contributed by atoms with Gasteiger partial charge in [0.15, 0.2) is 0 Å². The summed E-state index contributed by atoms with van der Waals surface area (Å²) in [5.74, 6) is 0.631. The average Bonchev–Trinajstić information content (AvgIpc) is 2.86. The number of hydrogen-bond donors (Lipinski definition) is 1. The molecular formula is C11H4Br2Cl2N4S. The lowest BCUT2D eigenvalue weighted by Crippen LogP contribution is -1.96. The van der Waals surface area contributed by atoms with Crippen LogP contribution in [0, 0.1) is 0 Å². The fourth-order valence-electron chi connectivity index (χ4n) is 1.62. The van der Waals surface area contributed by atoms with Crippen LogP contribution in [0.4, 0.5) is 22.9 Å². The predicted octanol–water partition coefficient (Wildman–Crippen LogP) is 6.38. The Morgan fingerprint density at radius 3 is 2.55 bits per heavy atom. The third-order valence-electron chi connectivity index (χ3n) is 2.50. The van der Waals surface area contributed by atoms with Crippen molar-refractivity contribution >= 4 is 89.3 Å². The van der Waals surface area contributed by atoms with Gasteiger partial charge in [-0.1, -0.05) is 23.2 Å². The number of rotatable bonds is 2. The first-order valence-corrected chi connectivity index (χ1v) is 8.32. The van der Waals surface area contributed by atoms with Crippen molar-refractivity contribution in [3.63, 3.8) is 0 Å². The SMILES string of the molecule is Clc1cc(Cl)c(Nc2ncc(Br)cc2Br)c2c1N=S=N2. The highest BCUT2D eigenvalue weighted by Crippen LogP contribution is 2.48. The molecule has 9 heteroatoms. The van der Waals surface area contributed by atoms with E-state index in [0.29, 0.717) is 32.9 Å². The summed E-state index contributed by atoms with van der Waals surface area (Å²) >= 11 is 20.2. The van der Waals surface area contributed by atoms with Crippen molar-refractivity contribution in [2.24, 2.45) is 8.73 Å². The summed E-state index contributed by atoms with van der Waals surface area (Å²) < 4.78 is 10.1. The smallest absolute Gasteiger partial charge is 0.144 e. The number of benzene rings is 1. The van der Waals surface area contributed by atoms with Crippen LogP contribution in [0.1, 0.15) is 0 Å². The summed E-state index contributed by atoms with van der Waals surface area (Å²) in [6.07, 6.45) is 1.69. The van der Waals surface area contributed by atoms with Crippen LogP contribution in [0.15, 0.2) is 36.0 Å². The molecule has 0 fully saturated rings. The molecule has 102 valence electrons. The first-order valence-electron chi connectivity index (χ1n) is 5.24. The van der Waals surface area contributed by atoms with E-state index >= 15 is 0 Å². The van der Waals surface area contributed by atoms with E-state index in [-0.39, 0.29) is 0 Å². The zero-order valence-corrected chi connectivity index (χ0v) is 15.0. The maximum Gasteiger partial charge on any atom is 0.144 e. The summed E-state index contributed by atoms with van der Waals surface area (Å²) in [5, 5.41) is 4.10. The van der Waals surface area contributed by atoms with Gasteiger partial charge in [0.2, 0.25) is 0 Å². The highest BCUT2D eigenvalue weighted by molar-refractivity contribution is 9.11. The van der Waals surface area contributed by atoms with Gasteiger partial charge in [-0.2, -0.15) is 8.73 Å². The molecule has 1 aliphatic rings. The van der Waals surface area contributed by atoms with Gasteiger partial charge >= 0.3 is 0 Å². The lowest BCUT2D eigenvalue weighted by molar-refractivity contribution is 1.27. The van der Waals surface area contributed by atoms with Crippen LogP contribution < -0.4 is 5.32 Å². The normalized spacial score (nSPS) is 12.2. The van der Waals surface area contributed by atoms with Gasteiger partial charge in [0.25, 0.3) is 0 Å². The van der Waals surface area contributed by atoms with E-state index in [1.54, 1.807) is 12.3 Å². The predicted molar refractivity (Wildman–Crippen MR) is 90.9 cm³/mol. The number of nitrogens with one attached hydrogen (secondary N) is 1. The van der Waals surface area contributed by atoms with E-state index in [9.17, 15) is 0 Å². The Labute approximate surface area is 145 Å². The van der Waals surface area contributed by atoms with Gasteiger partial charge in [-0.15, -0.1) is 0 Å². The second kappa shape index (κ2) is 5.73. The molecule has 4 nitrogen and oxygen atoms in total. The van der Waals surface area contributed by atoms with Crippen molar-refractivity contribution in [1.29, 1.82) is 0 Å². The van der Waals surface area contributed by atoms with Gasteiger partial charge in [0.05, 0.1) is 31.6 Å². The van der Waals surface area contributed by atoms with Crippen LogP contribution in [0.25, 0.3) is 0 Å². The van der Waals surface area contributed by atoms with Crippen molar-refractivity contribution in [3.8, 4) is 0 Å². The molecule has 0 atom stereocenters. The number of hydrogen-bond acceptors (Lipinski definition) is 4. The van der Waals surface area contributed by atoms with Crippen LogP contribution in [0.3, 0.4) is 0 Å². The first kappa shape index (κ1) is 14.5. The highest BCUT2D eigenvalue weighted by Gasteiger charge is 2.19. The number of halogens is 4. The van der Waals surface area contributed by atoms with Crippen LogP contribution in [0.5, 0.6) is 0 Å². The van der Waals surface area contributed by atoms with Gasteiger partial charge in [-0.25, -0.2) is 4.98 Å². The molecule has 1 aromatic heterocycles. The maximum atomic E-state index is 6.24. The Hall–Kier alpha value is -0.470. The third-order valence-corrected chi connectivity index (χ3v) is 4.65. The van der Waals surface area contributed by atoms with E-state index in [1.807, 2.05) is 6.07 Å². The molecular weight excluding hydrogens is 451 g/mol. The van der Waals surface area contributed by atoms with Gasteiger partial charge in [-0.05, 0) is 44.0 Å². The summed E-state index contributed by atoms with van der Waals surface area (Å²) in [5.41, 5.74) is 1.89. The summed E-state index contributed by atoms with van der Waals surface area (Å²) in [6.45, 7) is 0. The molecule has 0 spiro atoms. The maximum absolute atomic E-state index is 6.24. The Morgan fingerprint density at radius 2 is 1.80 bits per heavy atom. The largest absolute Gasteiger partial charge is 0.336 e. The minimum Gasteiger partial charge on any atom is -0.336 e. The zero-order valence-electron chi connectivity index (χ0n) is 9.49. The second-order valence-electron chi connectivity index (χ2n) is 3.79. The number of fused-ring (bicyclic) bond motifs is 1. The van der Waals surface area contributed by atoms with Crippen molar-refractivity contribution in [2.45, 2.75) is 0 Å². The highest BCUT2D eigenvalue weighted by atomic mass is 79.9. The standard InChI is InChI=1S/C11H4Br2Cl2N4S/c12-4-1-5(13)11(16-3-4)17-8-6(14)2-7(15)9-10(8)19-20-18-9/h1-3H,(H,16,17).